The van der Waals surface area contributed by atoms with Crippen LogP contribution in [0.15, 0.2) is 47.0 Å². The Labute approximate surface area is 151 Å². The first-order chi connectivity index (χ1) is 12.7. The number of piperazine rings is 1. The number of oxazole rings is 1. The Kier molecular flexibility index (Phi) is 4.53. The van der Waals surface area contributed by atoms with Gasteiger partial charge in [-0.1, -0.05) is 0 Å². The Balaban J connectivity index is 1.37. The lowest BCUT2D eigenvalue weighted by Gasteiger charge is -2.34. The van der Waals surface area contributed by atoms with Crippen molar-refractivity contribution in [3.8, 4) is 0 Å². The van der Waals surface area contributed by atoms with Crippen molar-refractivity contribution in [3.63, 3.8) is 0 Å². The van der Waals surface area contributed by atoms with E-state index in [4.69, 9.17) is 4.42 Å². The standard InChI is InChI=1S/C19H21N5O2/c1-23-9-11-24(12-10-23)15-6-4-14(5-7-15)19(25)21-13-17-22-18-16(26-17)3-2-8-20-18/h2-8H,9-13H2,1H3,(H,21,25). The fourth-order valence-electron chi connectivity index (χ4n) is 3.04. The number of amides is 1. The zero-order valence-corrected chi connectivity index (χ0v) is 14.7. The van der Waals surface area contributed by atoms with Crippen molar-refractivity contribution in [1.29, 1.82) is 0 Å². The molecule has 0 saturated carbocycles. The first kappa shape index (κ1) is 16.5. The van der Waals surface area contributed by atoms with Crippen LogP contribution in [-0.2, 0) is 6.54 Å². The Morgan fingerprint density at radius 3 is 2.65 bits per heavy atom. The number of rotatable bonds is 4. The van der Waals surface area contributed by atoms with E-state index in [0.717, 1.165) is 31.9 Å². The van der Waals surface area contributed by atoms with E-state index in [0.29, 0.717) is 22.7 Å². The number of nitrogens with one attached hydrogen (secondary N) is 1. The van der Waals surface area contributed by atoms with Gasteiger partial charge in [0.25, 0.3) is 5.91 Å². The molecule has 1 saturated heterocycles. The van der Waals surface area contributed by atoms with E-state index in [1.54, 1.807) is 18.3 Å². The minimum Gasteiger partial charge on any atom is -0.437 e. The molecule has 26 heavy (non-hydrogen) atoms. The second-order valence-corrected chi connectivity index (χ2v) is 6.45. The molecule has 3 aromatic rings. The molecule has 1 aromatic carbocycles. The van der Waals surface area contributed by atoms with Gasteiger partial charge in [0.2, 0.25) is 5.89 Å². The van der Waals surface area contributed by atoms with Crippen LogP contribution in [0.1, 0.15) is 16.2 Å². The van der Waals surface area contributed by atoms with Crippen LogP contribution in [0.3, 0.4) is 0 Å². The maximum absolute atomic E-state index is 12.3. The van der Waals surface area contributed by atoms with Crippen LogP contribution in [0, 0.1) is 0 Å². The van der Waals surface area contributed by atoms with Crippen molar-refractivity contribution in [2.45, 2.75) is 6.54 Å². The highest BCUT2D eigenvalue weighted by Crippen LogP contribution is 2.17. The molecule has 1 aliphatic heterocycles. The second kappa shape index (κ2) is 7.13. The van der Waals surface area contributed by atoms with Crippen molar-refractivity contribution < 1.29 is 9.21 Å². The summed E-state index contributed by atoms with van der Waals surface area (Å²) in [5.74, 6) is 0.297. The highest BCUT2D eigenvalue weighted by Gasteiger charge is 2.15. The highest BCUT2D eigenvalue weighted by molar-refractivity contribution is 5.94. The third kappa shape index (κ3) is 3.52. The lowest BCUT2D eigenvalue weighted by atomic mass is 10.1. The van der Waals surface area contributed by atoms with Gasteiger partial charge in [-0.25, -0.2) is 4.98 Å². The number of likely N-dealkylation sites (N-methyl/N-ethyl adjacent to an activating group) is 1. The largest absolute Gasteiger partial charge is 0.437 e. The number of anilines is 1. The van der Waals surface area contributed by atoms with Crippen molar-refractivity contribution >= 4 is 22.8 Å². The van der Waals surface area contributed by atoms with Crippen LogP contribution < -0.4 is 10.2 Å². The molecule has 7 nitrogen and oxygen atoms in total. The van der Waals surface area contributed by atoms with Gasteiger partial charge in [0, 0.05) is 43.6 Å². The smallest absolute Gasteiger partial charge is 0.251 e. The van der Waals surface area contributed by atoms with E-state index in [9.17, 15) is 4.79 Å². The summed E-state index contributed by atoms with van der Waals surface area (Å²) < 4.78 is 5.56. The average Bonchev–Trinajstić information content (AvgIpc) is 3.10. The molecule has 7 heteroatoms. The van der Waals surface area contributed by atoms with E-state index >= 15 is 0 Å². The van der Waals surface area contributed by atoms with Gasteiger partial charge in [0.1, 0.15) is 0 Å². The van der Waals surface area contributed by atoms with Gasteiger partial charge >= 0.3 is 0 Å². The summed E-state index contributed by atoms with van der Waals surface area (Å²) >= 11 is 0. The highest BCUT2D eigenvalue weighted by atomic mass is 16.3. The van der Waals surface area contributed by atoms with E-state index < -0.39 is 0 Å². The van der Waals surface area contributed by atoms with Gasteiger partial charge in [-0.3, -0.25) is 4.79 Å². The third-order valence-corrected chi connectivity index (χ3v) is 4.61. The maximum Gasteiger partial charge on any atom is 0.251 e. The molecular weight excluding hydrogens is 330 g/mol. The summed E-state index contributed by atoms with van der Waals surface area (Å²) in [5.41, 5.74) is 2.94. The summed E-state index contributed by atoms with van der Waals surface area (Å²) in [6.07, 6.45) is 1.66. The molecule has 0 bridgehead atoms. The van der Waals surface area contributed by atoms with Crippen LogP contribution in [0.25, 0.3) is 11.2 Å². The number of pyridine rings is 1. The minimum atomic E-state index is -0.148. The van der Waals surface area contributed by atoms with Crippen LogP contribution >= 0.6 is 0 Å². The summed E-state index contributed by atoms with van der Waals surface area (Å²) in [4.78, 5) is 25.4. The van der Waals surface area contributed by atoms with Crippen molar-refractivity contribution in [3.05, 3.63) is 54.0 Å². The molecule has 3 heterocycles. The number of benzene rings is 1. The molecule has 1 aliphatic rings. The molecule has 1 fully saturated rings. The summed E-state index contributed by atoms with van der Waals surface area (Å²) in [5, 5.41) is 2.84. The molecule has 4 rings (SSSR count). The second-order valence-electron chi connectivity index (χ2n) is 6.45. The SMILES string of the molecule is CN1CCN(c2ccc(C(=O)NCc3nc4ncccc4o3)cc2)CC1. The molecule has 134 valence electrons. The summed E-state index contributed by atoms with van der Waals surface area (Å²) in [6.45, 7) is 4.36. The average molecular weight is 351 g/mol. The Morgan fingerprint density at radius 2 is 1.92 bits per heavy atom. The maximum atomic E-state index is 12.3. The van der Waals surface area contributed by atoms with E-state index in [1.165, 1.54) is 0 Å². The van der Waals surface area contributed by atoms with E-state index in [-0.39, 0.29) is 12.5 Å². The lowest BCUT2D eigenvalue weighted by molar-refractivity contribution is 0.0947. The summed E-state index contributed by atoms with van der Waals surface area (Å²) in [7, 11) is 2.14. The third-order valence-electron chi connectivity index (χ3n) is 4.61. The van der Waals surface area contributed by atoms with Gasteiger partial charge in [-0.2, -0.15) is 4.98 Å². The van der Waals surface area contributed by atoms with Gasteiger partial charge in [0.05, 0.1) is 6.54 Å². The first-order valence-electron chi connectivity index (χ1n) is 8.71. The van der Waals surface area contributed by atoms with Gasteiger partial charge in [0.15, 0.2) is 11.2 Å². The van der Waals surface area contributed by atoms with Crippen LogP contribution in [0.5, 0.6) is 0 Å². The minimum absolute atomic E-state index is 0.148. The molecule has 2 aromatic heterocycles. The number of aromatic nitrogens is 2. The predicted molar refractivity (Wildman–Crippen MR) is 99.1 cm³/mol. The quantitative estimate of drug-likeness (QED) is 0.774. The molecule has 0 unspecified atom stereocenters. The Morgan fingerprint density at radius 1 is 1.15 bits per heavy atom. The molecular formula is C19H21N5O2. The zero-order chi connectivity index (χ0) is 17.9. The number of carbonyl (C=O) groups is 1. The molecule has 0 spiro atoms. The molecule has 0 atom stereocenters. The monoisotopic (exact) mass is 351 g/mol. The molecule has 0 aliphatic carbocycles. The van der Waals surface area contributed by atoms with Gasteiger partial charge in [-0.15, -0.1) is 0 Å². The number of fused-ring (bicyclic) bond motifs is 1. The number of nitrogens with zero attached hydrogens (tertiary/aromatic N) is 4. The van der Waals surface area contributed by atoms with E-state index in [2.05, 4.69) is 32.1 Å². The molecule has 0 radical (unpaired) electrons. The Hall–Kier alpha value is -2.93. The van der Waals surface area contributed by atoms with Crippen molar-refractivity contribution in [2.24, 2.45) is 0 Å². The topological polar surface area (TPSA) is 74.5 Å². The van der Waals surface area contributed by atoms with Crippen molar-refractivity contribution in [2.75, 3.05) is 38.1 Å². The normalized spacial score (nSPS) is 15.3. The lowest BCUT2D eigenvalue weighted by Crippen LogP contribution is -2.44. The molecule has 1 N–H and O–H groups in total. The fourth-order valence-corrected chi connectivity index (χ4v) is 3.04. The zero-order valence-electron chi connectivity index (χ0n) is 14.7. The van der Waals surface area contributed by atoms with Gasteiger partial charge in [-0.05, 0) is 43.4 Å². The van der Waals surface area contributed by atoms with E-state index in [1.807, 2.05) is 24.3 Å². The first-order valence-corrected chi connectivity index (χ1v) is 8.71. The number of hydrogen-bond donors (Lipinski definition) is 1. The van der Waals surface area contributed by atoms with Crippen LogP contribution in [-0.4, -0.2) is 54.0 Å². The van der Waals surface area contributed by atoms with Crippen LogP contribution in [0.2, 0.25) is 0 Å². The van der Waals surface area contributed by atoms with Gasteiger partial charge < -0.3 is 19.5 Å². The number of carbonyl (C=O) groups excluding carboxylic acids is 1. The van der Waals surface area contributed by atoms with Crippen molar-refractivity contribution in [1.82, 2.24) is 20.2 Å². The predicted octanol–water partition coefficient (Wildman–Crippen LogP) is 1.90. The number of hydrogen-bond acceptors (Lipinski definition) is 6. The summed E-state index contributed by atoms with van der Waals surface area (Å²) in [6, 6.07) is 11.3. The molecule has 1 amide bonds. The van der Waals surface area contributed by atoms with Crippen LogP contribution in [0.4, 0.5) is 5.69 Å². The Bertz CT molecular complexity index is 865. The fraction of sp³-hybridized carbons (Fsp3) is 0.316.